The molecule has 0 atom stereocenters. The van der Waals surface area contributed by atoms with Gasteiger partial charge in [-0.05, 0) is 24.3 Å². The van der Waals surface area contributed by atoms with Crippen molar-refractivity contribution in [2.45, 2.75) is 5.16 Å². The maximum atomic E-state index is 12.0. The van der Waals surface area contributed by atoms with Crippen LogP contribution in [0.15, 0.2) is 53.7 Å². The molecule has 3 rings (SSSR count). The number of hydrogen-bond donors (Lipinski definition) is 2. The van der Waals surface area contributed by atoms with E-state index in [4.69, 9.17) is 23.2 Å². The van der Waals surface area contributed by atoms with Gasteiger partial charge < -0.3 is 4.57 Å². The number of nitrogens with one attached hydrogen (secondary N) is 2. The number of amides is 2. The van der Waals surface area contributed by atoms with E-state index in [0.29, 0.717) is 21.0 Å². The second-order valence-electron chi connectivity index (χ2n) is 5.62. The van der Waals surface area contributed by atoms with Crippen LogP contribution in [0.2, 0.25) is 10.0 Å². The number of carbonyl (C=O) groups excluding carboxylic acids is 2. The molecule has 2 N–H and O–H groups in total. The van der Waals surface area contributed by atoms with Crippen LogP contribution in [0.3, 0.4) is 0 Å². The van der Waals surface area contributed by atoms with E-state index < -0.39 is 11.8 Å². The Morgan fingerprint density at radius 1 is 1.00 bits per heavy atom. The third-order valence-corrected chi connectivity index (χ3v) is 5.40. The van der Waals surface area contributed by atoms with Crippen molar-refractivity contribution in [3.05, 3.63) is 64.1 Å². The van der Waals surface area contributed by atoms with Crippen molar-refractivity contribution < 1.29 is 9.59 Å². The number of benzene rings is 2. The average molecular weight is 436 g/mol. The van der Waals surface area contributed by atoms with Crippen LogP contribution < -0.4 is 10.9 Å². The van der Waals surface area contributed by atoms with Gasteiger partial charge in [-0.15, -0.1) is 10.2 Å². The molecule has 2 aromatic carbocycles. The predicted octanol–water partition coefficient (Wildman–Crippen LogP) is 3.34. The number of hydrogen-bond acceptors (Lipinski definition) is 5. The zero-order chi connectivity index (χ0) is 20.1. The Hall–Kier alpha value is -2.55. The van der Waals surface area contributed by atoms with Crippen LogP contribution in [0.25, 0.3) is 11.4 Å². The van der Waals surface area contributed by atoms with Crippen LogP contribution in [0, 0.1) is 0 Å². The van der Waals surface area contributed by atoms with Crippen molar-refractivity contribution in [2.24, 2.45) is 7.05 Å². The zero-order valence-electron chi connectivity index (χ0n) is 14.6. The maximum absolute atomic E-state index is 12.0. The minimum atomic E-state index is -0.497. The topological polar surface area (TPSA) is 88.9 Å². The standard InChI is InChI=1S/C18H15Cl2N5O2S/c1-25-16(11-6-2-4-8-13(11)19)22-24-18(25)28-10-15(26)21-23-17(27)12-7-3-5-9-14(12)20/h2-9H,10H2,1H3,(H,21,26)(H,23,27). The first-order chi connectivity index (χ1) is 13.5. The number of nitrogens with zero attached hydrogens (tertiary/aromatic N) is 3. The highest BCUT2D eigenvalue weighted by Gasteiger charge is 2.15. The molecule has 0 aliphatic rings. The van der Waals surface area contributed by atoms with Gasteiger partial charge in [-0.1, -0.05) is 59.2 Å². The molecule has 10 heteroatoms. The molecular formula is C18H15Cl2N5O2S. The molecule has 3 aromatic rings. The summed E-state index contributed by atoms with van der Waals surface area (Å²) in [7, 11) is 1.79. The lowest BCUT2D eigenvalue weighted by molar-refractivity contribution is -0.119. The van der Waals surface area contributed by atoms with Crippen molar-refractivity contribution in [2.75, 3.05) is 5.75 Å². The Bertz CT molecular complexity index is 1020. The second kappa shape index (κ2) is 9.09. The Kier molecular flexibility index (Phi) is 6.56. The molecule has 2 amide bonds. The molecule has 0 bridgehead atoms. The van der Waals surface area contributed by atoms with Crippen LogP contribution in [0.5, 0.6) is 0 Å². The highest BCUT2D eigenvalue weighted by atomic mass is 35.5. The van der Waals surface area contributed by atoms with E-state index in [9.17, 15) is 9.59 Å². The smallest absolute Gasteiger partial charge is 0.271 e. The molecule has 0 saturated carbocycles. The quantitative estimate of drug-likeness (QED) is 0.473. The molecule has 0 aliphatic carbocycles. The van der Waals surface area contributed by atoms with Gasteiger partial charge in [0.25, 0.3) is 5.91 Å². The van der Waals surface area contributed by atoms with Gasteiger partial charge in [0.2, 0.25) is 5.91 Å². The van der Waals surface area contributed by atoms with E-state index in [0.717, 1.165) is 5.56 Å². The summed E-state index contributed by atoms with van der Waals surface area (Å²) in [5.74, 6) is -0.256. The molecule has 0 aliphatic heterocycles. The summed E-state index contributed by atoms with van der Waals surface area (Å²) in [6.45, 7) is 0. The van der Waals surface area contributed by atoms with Gasteiger partial charge in [-0.25, -0.2) is 0 Å². The SMILES string of the molecule is Cn1c(SCC(=O)NNC(=O)c2ccccc2Cl)nnc1-c1ccccc1Cl. The van der Waals surface area contributed by atoms with Crippen molar-refractivity contribution in [1.82, 2.24) is 25.6 Å². The van der Waals surface area contributed by atoms with E-state index >= 15 is 0 Å². The summed E-state index contributed by atoms with van der Waals surface area (Å²) in [5, 5.41) is 9.64. The molecular weight excluding hydrogens is 421 g/mol. The fourth-order valence-corrected chi connectivity index (χ4v) is 3.48. The summed E-state index contributed by atoms with van der Waals surface area (Å²) < 4.78 is 1.75. The number of rotatable bonds is 5. The molecule has 0 fully saturated rings. The summed E-state index contributed by atoms with van der Waals surface area (Å²) in [4.78, 5) is 24.1. The lowest BCUT2D eigenvalue weighted by Crippen LogP contribution is -2.42. The highest BCUT2D eigenvalue weighted by Crippen LogP contribution is 2.28. The Balaban J connectivity index is 1.56. The van der Waals surface area contributed by atoms with Crippen molar-refractivity contribution in [3.63, 3.8) is 0 Å². The van der Waals surface area contributed by atoms with Gasteiger partial charge in [0.1, 0.15) is 0 Å². The summed E-state index contributed by atoms with van der Waals surface area (Å²) >= 11 is 13.3. The molecule has 1 heterocycles. The predicted molar refractivity (Wildman–Crippen MR) is 109 cm³/mol. The fourth-order valence-electron chi connectivity index (χ4n) is 2.32. The minimum Gasteiger partial charge on any atom is -0.305 e. The van der Waals surface area contributed by atoms with Gasteiger partial charge in [0.05, 0.1) is 21.4 Å². The van der Waals surface area contributed by atoms with E-state index in [2.05, 4.69) is 21.0 Å². The molecule has 0 saturated heterocycles. The summed E-state index contributed by atoms with van der Waals surface area (Å²) in [6.07, 6.45) is 0. The van der Waals surface area contributed by atoms with E-state index in [1.165, 1.54) is 11.8 Å². The van der Waals surface area contributed by atoms with Crippen LogP contribution in [-0.2, 0) is 11.8 Å². The molecule has 1 aromatic heterocycles. The van der Waals surface area contributed by atoms with E-state index in [1.54, 1.807) is 41.9 Å². The number of aromatic nitrogens is 3. The van der Waals surface area contributed by atoms with Crippen LogP contribution in [0.1, 0.15) is 10.4 Å². The van der Waals surface area contributed by atoms with Gasteiger partial charge in [0, 0.05) is 12.6 Å². The zero-order valence-corrected chi connectivity index (χ0v) is 17.0. The minimum absolute atomic E-state index is 0.0390. The summed E-state index contributed by atoms with van der Waals surface area (Å²) in [5.41, 5.74) is 5.71. The third-order valence-electron chi connectivity index (χ3n) is 3.72. The first-order valence-corrected chi connectivity index (χ1v) is 9.82. The molecule has 144 valence electrons. The fraction of sp³-hybridized carbons (Fsp3) is 0.111. The van der Waals surface area contributed by atoms with E-state index in [1.807, 2.05) is 18.2 Å². The molecule has 0 spiro atoms. The number of thioether (sulfide) groups is 1. The van der Waals surface area contributed by atoms with Crippen molar-refractivity contribution in [3.8, 4) is 11.4 Å². The number of carbonyl (C=O) groups is 2. The monoisotopic (exact) mass is 435 g/mol. The first-order valence-electron chi connectivity index (χ1n) is 8.08. The Labute approximate surface area is 175 Å². The molecule has 0 unspecified atom stereocenters. The largest absolute Gasteiger partial charge is 0.305 e. The Morgan fingerprint density at radius 3 is 2.39 bits per heavy atom. The number of halogens is 2. The van der Waals surface area contributed by atoms with Crippen molar-refractivity contribution in [1.29, 1.82) is 0 Å². The highest BCUT2D eigenvalue weighted by molar-refractivity contribution is 7.99. The van der Waals surface area contributed by atoms with Crippen molar-refractivity contribution >= 4 is 46.8 Å². The lowest BCUT2D eigenvalue weighted by Gasteiger charge is -2.08. The van der Waals surface area contributed by atoms with Gasteiger partial charge in [-0.2, -0.15) is 0 Å². The molecule has 7 nitrogen and oxygen atoms in total. The maximum Gasteiger partial charge on any atom is 0.271 e. The average Bonchev–Trinajstić information content (AvgIpc) is 3.05. The van der Waals surface area contributed by atoms with Gasteiger partial charge in [-0.3, -0.25) is 20.4 Å². The van der Waals surface area contributed by atoms with Crippen LogP contribution >= 0.6 is 35.0 Å². The van der Waals surface area contributed by atoms with Gasteiger partial charge >= 0.3 is 0 Å². The normalized spacial score (nSPS) is 10.5. The molecule has 28 heavy (non-hydrogen) atoms. The Morgan fingerprint density at radius 2 is 1.68 bits per heavy atom. The lowest BCUT2D eigenvalue weighted by atomic mass is 10.2. The second-order valence-corrected chi connectivity index (χ2v) is 7.37. The third kappa shape index (κ3) is 4.64. The molecule has 0 radical (unpaired) electrons. The van der Waals surface area contributed by atoms with Crippen LogP contribution in [0.4, 0.5) is 0 Å². The number of hydrazine groups is 1. The first kappa shape index (κ1) is 20.2. The van der Waals surface area contributed by atoms with E-state index in [-0.39, 0.29) is 11.3 Å². The van der Waals surface area contributed by atoms with Crippen LogP contribution in [-0.4, -0.2) is 32.3 Å². The van der Waals surface area contributed by atoms with Gasteiger partial charge in [0.15, 0.2) is 11.0 Å². The summed E-state index contributed by atoms with van der Waals surface area (Å²) in [6, 6.07) is 13.9.